The van der Waals surface area contributed by atoms with Gasteiger partial charge in [0, 0.05) is 31.5 Å². The van der Waals surface area contributed by atoms with Crippen LogP contribution in [0.3, 0.4) is 0 Å². The van der Waals surface area contributed by atoms with Crippen molar-refractivity contribution in [1.82, 2.24) is 15.1 Å². The number of hydrogen-bond donors (Lipinski definition) is 2. The molecule has 0 aliphatic heterocycles. The van der Waals surface area contributed by atoms with Crippen molar-refractivity contribution >= 4 is 0 Å². The van der Waals surface area contributed by atoms with Crippen molar-refractivity contribution in [3.05, 3.63) is 18.5 Å². The van der Waals surface area contributed by atoms with Crippen molar-refractivity contribution in [2.24, 2.45) is 5.92 Å². The fourth-order valence-corrected chi connectivity index (χ4v) is 1.83. The number of aryl methyl sites for hydroxylation is 1. The standard InChI is InChI=1S/C13H25N3O/c1-11(2)9-13(17)10-14-12(3)5-8-16-7-4-6-15-16/h4,6-7,11-14,17H,5,8-10H2,1-3H3. The Morgan fingerprint density at radius 2 is 2.12 bits per heavy atom. The Bertz CT molecular complexity index is 285. The van der Waals surface area contributed by atoms with E-state index in [1.54, 1.807) is 6.20 Å². The highest BCUT2D eigenvalue weighted by atomic mass is 16.3. The maximum Gasteiger partial charge on any atom is 0.0667 e. The summed E-state index contributed by atoms with van der Waals surface area (Å²) in [5.74, 6) is 0.547. The lowest BCUT2D eigenvalue weighted by atomic mass is 10.1. The van der Waals surface area contributed by atoms with Gasteiger partial charge in [-0.25, -0.2) is 0 Å². The summed E-state index contributed by atoms with van der Waals surface area (Å²) in [7, 11) is 0. The van der Waals surface area contributed by atoms with Gasteiger partial charge in [0.05, 0.1) is 6.10 Å². The largest absolute Gasteiger partial charge is 0.392 e. The number of nitrogens with zero attached hydrogens (tertiary/aromatic N) is 2. The van der Waals surface area contributed by atoms with Gasteiger partial charge in [0.15, 0.2) is 0 Å². The summed E-state index contributed by atoms with van der Waals surface area (Å²) in [5.41, 5.74) is 0. The minimum Gasteiger partial charge on any atom is -0.392 e. The average Bonchev–Trinajstić information content (AvgIpc) is 2.75. The fourth-order valence-electron chi connectivity index (χ4n) is 1.83. The number of hydrogen-bond acceptors (Lipinski definition) is 3. The van der Waals surface area contributed by atoms with Crippen molar-refractivity contribution in [3.63, 3.8) is 0 Å². The first-order chi connectivity index (χ1) is 8.08. The van der Waals surface area contributed by atoms with Crippen LogP contribution in [0.25, 0.3) is 0 Å². The highest BCUT2D eigenvalue weighted by Gasteiger charge is 2.08. The molecule has 0 spiro atoms. The van der Waals surface area contributed by atoms with Crippen molar-refractivity contribution in [2.75, 3.05) is 6.54 Å². The lowest BCUT2D eigenvalue weighted by Crippen LogP contribution is -2.35. The van der Waals surface area contributed by atoms with Crippen molar-refractivity contribution < 1.29 is 5.11 Å². The molecule has 98 valence electrons. The molecule has 1 aromatic heterocycles. The van der Waals surface area contributed by atoms with Gasteiger partial charge in [0.1, 0.15) is 0 Å². The zero-order chi connectivity index (χ0) is 12.7. The molecule has 0 saturated carbocycles. The molecule has 1 rings (SSSR count). The van der Waals surface area contributed by atoms with Gasteiger partial charge in [-0.15, -0.1) is 0 Å². The van der Waals surface area contributed by atoms with Gasteiger partial charge in [0.25, 0.3) is 0 Å². The van der Waals surface area contributed by atoms with Crippen LogP contribution in [0, 0.1) is 5.92 Å². The van der Waals surface area contributed by atoms with Crippen LogP contribution in [0.5, 0.6) is 0 Å². The lowest BCUT2D eigenvalue weighted by molar-refractivity contribution is 0.142. The predicted octanol–water partition coefficient (Wildman–Crippen LogP) is 1.66. The topological polar surface area (TPSA) is 50.1 Å². The Balaban J connectivity index is 2.10. The maximum atomic E-state index is 9.74. The van der Waals surface area contributed by atoms with E-state index in [2.05, 4.69) is 31.2 Å². The Morgan fingerprint density at radius 3 is 2.71 bits per heavy atom. The minimum absolute atomic E-state index is 0.234. The quantitative estimate of drug-likeness (QED) is 0.725. The van der Waals surface area contributed by atoms with Gasteiger partial charge < -0.3 is 10.4 Å². The maximum absolute atomic E-state index is 9.74. The molecule has 0 saturated heterocycles. The van der Waals surface area contributed by atoms with Crippen LogP contribution >= 0.6 is 0 Å². The third-order valence-corrected chi connectivity index (χ3v) is 2.80. The van der Waals surface area contributed by atoms with Crippen molar-refractivity contribution in [2.45, 2.75) is 52.3 Å². The normalized spacial score (nSPS) is 15.1. The molecule has 4 heteroatoms. The number of aliphatic hydroxyl groups is 1. The van der Waals surface area contributed by atoms with Crippen LogP contribution in [0.1, 0.15) is 33.6 Å². The summed E-state index contributed by atoms with van der Waals surface area (Å²) in [6.07, 6.45) is 5.42. The van der Waals surface area contributed by atoms with Crippen molar-refractivity contribution in [3.8, 4) is 0 Å². The molecule has 17 heavy (non-hydrogen) atoms. The van der Waals surface area contributed by atoms with Crippen LogP contribution in [0.15, 0.2) is 18.5 Å². The summed E-state index contributed by atoms with van der Waals surface area (Å²) >= 11 is 0. The average molecular weight is 239 g/mol. The van der Waals surface area contributed by atoms with Gasteiger partial charge in [-0.2, -0.15) is 5.10 Å². The van der Waals surface area contributed by atoms with E-state index < -0.39 is 0 Å². The van der Waals surface area contributed by atoms with E-state index in [1.807, 2.05) is 16.9 Å². The van der Waals surface area contributed by atoms with Crippen LogP contribution in [0.2, 0.25) is 0 Å². The number of aliphatic hydroxyl groups excluding tert-OH is 1. The molecule has 0 aromatic carbocycles. The summed E-state index contributed by atoms with van der Waals surface area (Å²) in [6.45, 7) is 8.00. The monoisotopic (exact) mass is 239 g/mol. The number of aromatic nitrogens is 2. The molecular formula is C13H25N3O. The van der Waals surface area contributed by atoms with Crippen LogP contribution in [-0.4, -0.2) is 33.6 Å². The zero-order valence-corrected chi connectivity index (χ0v) is 11.1. The van der Waals surface area contributed by atoms with E-state index in [-0.39, 0.29) is 6.10 Å². The second-order valence-electron chi connectivity index (χ2n) is 5.15. The van der Waals surface area contributed by atoms with Crippen molar-refractivity contribution in [1.29, 1.82) is 0 Å². The Kier molecular flexibility index (Phi) is 6.22. The van der Waals surface area contributed by atoms with E-state index in [4.69, 9.17) is 0 Å². The molecule has 0 amide bonds. The van der Waals surface area contributed by atoms with E-state index in [0.717, 1.165) is 19.4 Å². The molecule has 2 atom stereocenters. The highest BCUT2D eigenvalue weighted by Crippen LogP contribution is 2.04. The van der Waals surface area contributed by atoms with Gasteiger partial charge in [0.2, 0.25) is 0 Å². The molecule has 2 N–H and O–H groups in total. The molecule has 0 aliphatic carbocycles. The lowest BCUT2D eigenvalue weighted by Gasteiger charge is -2.18. The van der Waals surface area contributed by atoms with Gasteiger partial charge in [-0.3, -0.25) is 4.68 Å². The van der Waals surface area contributed by atoms with Crippen LogP contribution < -0.4 is 5.32 Å². The minimum atomic E-state index is -0.234. The third-order valence-electron chi connectivity index (χ3n) is 2.80. The molecule has 0 aliphatic rings. The van der Waals surface area contributed by atoms with Gasteiger partial charge in [-0.1, -0.05) is 13.8 Å². The second kappa shape index (κ2) is 7.45. The van der Waals surface area contributed by atoms with Crippen LogP contribution in [0.4, 0.5) is 0 Å². The summed E-state index contributed by atoms with van der Waals surface area (Å²) < 4.78 is 1.93. The summed E-state index contributed by atoms with van der Waals surface area (Å²) in [5, 5.41) is 17.3. The van der Waals surface area contributed by atoms with E-state index in [9.17, 15) is 5.11 Å². The Hall–Kier alpha value is -0.870. The number of rotatable bonds is 8. The first kappa shape index (κ1) is 14.2. The van der Waals surface area contributed by atoms with E-state index in [1.165, 1.54) is 0 Å². The van der Waals surface area contributed by atoms with E-state index in [0.29, 0.717) is 18.5 Å². The smallest absolute Gasteiger partial charge is 0.0667 e. The zero-order valence-electron chi connectivity index (χ0n) is 11.1. The second-order valence-corrected chi connectivity index (χ2v) is 5.15. The molecular weight excluding hydrogens is 214 g/mol. The highest BCUT2D eigenvalue weighted by molar-refractivity contribution is 4.78. The molecule has 1 aromatic rings. The molecule has 4 nitrogen and oxygen atoms in total. The van der Waals surface area contributed by atoms with Gasteiger partial charge in [-0.05, 0) is 31.7 Å². The SMILES string of the molecule is CC(C)CC(O)CNC(C)CCn1cccn1. The number of nitrogens with one attached hydrogen (secondary N) is 1. The van der Waals surface area contributed by atoms with E-state index >= 15 is 0 Å². The Morgan fingerprint density at radius 1 is 1.35 bits per heavy atom. The molecule has 0 fully saturated rings. The summed E-state index contributed by atoms with van der Waals surface area (Å²) in [6, 6.07) is 2.34. The molecule has 0 bridgehead atoms. The first-order valence-electron chi connectivity index (χ1n) is 6.46. The fraction of sp³-hybridized carbons (Fsp3) is 0.769. The summed E-state index contributed by atoms with van der Waals surface area (Å²) in [4.78, 5) is 0. The molecule has 2 unspecified atom stereocenters. The third kappa shape index (κ3) is 6.44. The Labute approximate surface area is 104 Å². The van der Waals surface area contributed by atoms with Gasteiger partial charge >= 0.3 is 0 Å². The first-order valence-corrected chi connectivity index (χ1v) is 6.46. The molecule has 1 heterocycles. The van der Waals surface area contributed by atoms with Crippen LogP contribution in [-0.2, 0) is 6.54 Å². The predicted molar refractivity (Wildman–Crippen MR) is 69.8 cm³/mol. The molecule has 0 radical (unpaired) electrons.